The fourth-order valence-electron chi connectivity index (χ4n) is 4.51. The van der Waals surface area contributed by atoms with Crippen LogP contribution in [0.5, 0.6) is 0 Å². The molecule has 53 heavy (non-hydrogen) atoms. The van der Waals surface area contributed by atoms with Gasteiger partial charge in [0.2, 0.25) is 11.8 Å². The van der Waals surface area contributed by atoms with E-state index in [1.165, 1.54) is 19.2 Å². The first-order valence-electron chi connectivity index (χ1n) is 16.0. The summed E-state index contributed by atoms with van der Waals surface area (Å²) in [4.78, 5) is 35.7. The Hall–Kier alpha value is -3.68. The number of alkyl halides is 6. The highest BCUT2D eigenvalue weighted by Gasteiger charge is 2.28. The van der Waals surface area contributed by atoms with Crippen LogP contribution in [-0.2, 0) is 20.4 Å². The van der Waals surface area contributed by atoms with Crippen LogP contribution in [0.4, 0.5) is 37.7 Å². The monoisotopic (exact) mass is 828 g/mol. The zero-order chi connectivity index (χ0) is 39.2. The quantitative estimate of drug-likeness (QED) is 0.0833. The molecule has 0 aliphatic carbocycles. The van der Waals surface area contributed by atoms with Crippen LogP contribution in [0, 0.1) is 0 Å². The molecule has 4 aromatic heterocycles. The Morgan fingerprint density at radius 3 is 1.64 bits per heavy atom. The van der Waals surface area contributed by atoms with Gasteiger partial charge in [0.15, 0.2) is 10.3 Å². The molecule has 290 valence electrons. The highest BCUT2D eigenvalue weighted by atomic mass is 35.5. The molecule has 4 heterocycles. The Morgan fingerprint density at radius 1 is 0.755 bits per heavy atom. The number of nitrogens with zero attached hydrogens (tertiary/aromatic N) is 8. The molecule has 0 spiro atoms. The summed E-state index contributed by atoms with van der Waals surface area (Å²) in [6.07, 6.45) is -0.884. The zero-order valence-electron chi connectivity index (χ0n) is 28.5. The Balaban J connectivity index is 0.000000286. The smallest absolute Gasteiger partial charge is 0.308 e. The summed E-state index contributed by atoms with van der Waals surface area (Å²) in [5.41, 5.74) is 2.19. The molecule has 0 aliphatic rings. The minimum absolute atomic E-state index is 0.0530. The molecule has 0 saturated heterocycles. The van der Waals surface area contributed by atoms with Crippen molar-refractivity contribution in [3.8, 4) is 11.4 Å². The average molecular weight is 830 g/mol. The Bertz CT molecular complexity index is 1780. The second-order valence-electron chi connectivity index (χ2n) is 10.9. The van der Waals surface area contributed by atoms with E-state index in [0.29, 0.717) is 35.0 Å². The third kappa shape index (κ3) is 14.6. The van der Waals surface area contributed by atoms with Gasteiger partial charge in [-0.25, -0.2) is 9.36 Å². The average Bonchev–Trinajstić information content (AvgIpc) is 3.69. The maximum absolute atomic E-state index is 12.4. The van der Waals surface area contributed by atoms with Gasteiger partial charge in [-0.1, -0.05) is 23.2 Å². The molecule has 4 rings (SSSR count). The van der Waals surface area contributed by atoms with Crippen molar-refractivity contribution in [2.75, 3.05) is 45.9 Å². The fourth-order valence-corrected chi connectivity index (χ4v) is 6.94. The minimum atomic E-state index is -4.36. The number of thioether (sulfide) groups is 1. The van der Waals surface area contributed by atoms with Crippen LogP contribution in [-0.4, -0.2) is 94.0 Å². The number of pyridine rings is 2. The van der Waals surface area contributed by atoms with Crippen LogP contribution < -0.4 is 9.80 Å². The predicted molar refractivity (Wildman–Crippen MR) is 195 cm³/mol. The van der Waals surface area contributed by atoms with E-state index < -0.39 is 41.7 Å². The van der Waals surface area contributed by atoms with Crippen LogP contribution in [0.15, 0.2) is 61.4 Å². The van der Waals surface area contributed by atoms with Gasteiger partial charge in [0.05, 0.1) is 49.0 Å². The first kappa shape index (κ1) is 43.7. The van der Waals surface area contributed by atoms with E-state index in [9.17, 15) is 40.1 Å². The molecule has 1 atom stereocenters. The van der Waals surface area contributed by atoms with Gasteiger partial charge in [0.25, 0.3) is 0 Å². The highest BCUT2D eigenvalue weighted by molar-refractivity contribution is 7.99. The molecule has 1 unspecified atom stereocenters. The number of hydrogen-bond acceptors (Lipinski definition) is 8. The van der Waals surface area contributed by atoms with Crippen LogP contribution in [0.25, 0.3) is 11.4 Å². The molecule has 4 aromatic rings. The molecule has 11 nitrogen and oxygen atoms in total. The van der Waals surface area contributed by atoms with Crippen LogP contribution in [0.3, 0.4) is 0 Å². The first-order chi connectivity index (χ1) is 25.0. The number of carbonyl (C=O) groups excluding carboxylic acids is 2. The van der Waals surface area contributed by atoms with Gasteiger partial charge < -0.3 is 9.80 Å². The largest absolute Gasteiger partial charge is 0.390 e. The van der Waals surface area contributed by atoms with Crippen molar-refractivity contribution in [2.24, 2.45) is 0 Å². The summed E-state index contributed by atoms with van der Waals surface area (Å²) in [7, 11) is -1.72. The lowest BCUT2D eigenvalue weighted by atomic mass is 10.3. The van der Waals surface area contributed by atoms with Crippen molar-refractivity contribution in [3.63, 3.8) is 0 Å². The first-order valence-corrected chi connectivity index (χ1v) is 19.4. The normalized spacial score (nSPS) is 12.2. The number of halogens is 8. The third-order valence-electron chi connectivity index (χ3n) is 7.09. The van der Waals surface area contributed by atoms with Crippen molar-refractivity contribution in [1.82, 2.24) is 29.5 Å². The van der Waals surface area contributed by atoms with E-state index in [1.54, 1.807) is 75.3 Å². The van der Waals surface area contributed by atoms with Gasteiger partial charge in [-0.2, -0.15) is 48.3 Å². The van der Waals surface area contributed by atoms with Gasteiger partial charge in [0.1, 0.15) is 11.4 Å². The summed E-state index contributed by atoms with van der Waals surface area (Å²) in [5.74, 6) is -0.977. The highest BCUT2D eigenvalue weighted by Crippen LogP contribution is 2.28. The Labute approximate surface area is 318 Å². The van der Waals surface area contributed by atoms with E-state index in [0.717, 1.165) is 11.8 Å². The van der Waals surface area contributed by atoms with Gasteiger partial charge in [0, 0.05) is 72.1 Å². The van der Waals surface area contributed by atoms with Crippen LogP contribution in [0.1, 0.15) is 39.5 Å². The van der Waals surface area contributed by atoms with Crippen LogP contribution >= 0.6 is 35.0 Å². The molecule has 0 bridgehead atoms. The molecule has 2 amide bonds. The van der Waals surface area contributed by atoms with E-state index in [2.05, 4.69) is 20.2 Å². The molecule has 0 fully saturated rings. The van der Waals surface area contributed by atoms with Gasteiger partial charge in [-0.05, 0) is 38.1 Å². The van der Waals surface area contributed by atoms with E-state index >= 15 is 0 Å². The lowest BCUT2D eigenvalue weighted by Crippen LogP contribution is -2.31. The topological polar surface area (TPSA) is 119 Å². The molecule has 0 saturated carbocycles. The minimum Gasteiger partial charge on any atom is -0.308 e. The molecule has 0 aliphatic heterocycles. The molecule has 0 radical (unpaired) electrons. The van der Waals surface area contributed by atoms with Crippen molar-refractivity contribution >= 4 is 69.0 Å². The van der Waals surface area contributed by atoms with Gasteiger partial charge >= 0.3 is 12.4 Å². The molecule has 21 heteroatoms. The van der Waals surface area contributed by atoms with Crippen LogP contribution in [0.2, 0.25) is 10.3 Å². The van der Waals surface area contributed by atoms with Crippen molar-refractivity contribution < 1.29 is 40.1 Å². The van der Waals surface area contributed by atoms with Crippen molar-refractivity contribution in [1.29, 1.82) is 0 Å². The van der Waals surface area contributed by atoms with Crippen molar-refractivity contribution in [3.05, 3.63) is 71.8 Å². The van der Waals surface area contributed by atoms with Gasteiger partial charge in [-0.3, -0.25) is 23.8 Å². The summed E-state index contributed by atoms with van der Waals surface area (Å²) in [6, 6.07) is 7.05. The predicted octanol–water partition coefficient (Wildman–Crippen LogP) is 7.71. The lowest BCUT2D eigenvalue weighted by molar-refractivity contribution is -0.130. The zero-order valence-corrected chi connectivity index (χ0v) is 31.6. The lowest BCUT2D eigenvalue weighted by Gasteiger charge is -2.19. The van der Waals surface area contributed by atoms with Gasteiger partial charge in [-0.15, -0.1) is 0 Å². The fraction of sp³-hybridized carbons (Fsp3) is 0.438. The number of carbonyl (C=O) groups is 2. The second-order valence-corrected chi connectivity index (χ2v) is 14.5. The number of rotatable bonds is 16. The summed E-state index contributed by atoms with van der Waals surface area (Å²) < 4.78 is 87.5. The van der Waals surface area contributed by atoms with E-state index in [1.807, 2.05) is 0 Å². The molecule has 0 aromatic carbocycles. The number of aromatic nitrogens is 6. The number of hydrogen-bond donors (Lipinski definition) is 0. The second kappa shape index (κ2) is 20.7. The number of anilines is 2. The van der Waals surface area contributed by atoms with E-state index in [-0.39, 0.29) is 53.0 Å². The SMILES string of the molecule is CCN(C(=O)CCS(=O)CCC(F)(F)F)c1cn(-c2cccnc2)nc1Cl.CCN(C(=O)CCSCCC(F)(F)F)c1cn(-c2cccnc2)nc1Cl. The molecular formula is C32H36Cl2F6N8O3S2. The molecule has 0 N–H and O–H groups in total. The maximum Gasteiger partial charge on any atom is 0.390 e. The Morgan fingerprint density at radius 2 is 1.23 bits per heavy atom. The Kier molecular flexibility index (Phi) is 17.1. The van der Waals surface area contributed by atoms with Crippen molar-refractivity contribution in [2.45, 2.75) is 51.9 Å². The van der Waals surface area contributed by atoms with E-state index in [4.69, 9.17) is 23.2 Å². The summed E-state index contributed by atoms with van der Waals surface area (Å²) >= 11 is 13.4. The standard InChI is InChI=1S/C16H18ClF3N4O2S.C16H18ClF3N4OS/c1-2-23(14(25)5-8-27(26)9-6-16(18,19)20)13-11-24(22-15(13)17)12-4-3-7-21-10-12;1-2-23(14(25)5-8-26-9-6-16(18,19)20)13-11-24(22-15(13)17)12-4-3-7-21-10-12/h3-4,7,10-11H,2,5-6,8-9H2,1H3;3-4,7,10-11H,2,5-6,8-9H2,1H3. The summed E-state index contributed by atoms with van der Waals surface area (Å²) in [6.45, 7) is 4.19. The maximum atomic E-state index is 12.4. The number of amides is 2. The third-order valence-corrected chi connectivity index (χ3v) is 9.93. The molecular weight excluding hydrogens is 793 g/mol. The summed E-state index contributed by atoms with van der Waals surface area (Å²) in [5, 5.41) is 8.61.